The van der Waals surface area contributed by atoms with Gasteiger partial charge < -0.3 is 9.32 Å². The summed E-state index contributed by atoms with van der Waals surface area (Å²) in [5.74, 6) is -0.0912. The number of rotatable bonds is 1. The van der Waals surface area contributed by atoms with Crippen LogP contribution in [0.1, 0.15) is 27.1 Å². The lowest BCUT2D eigenvalue weighted by Crippen LogP contribution is -2.37. The third kappa shape index (κ3) is 2.00. The molecule has 0 aliphatic carbocycles. The normalized spacial score (nSPS) is 14.4. The molecule has 0 N–H and O–H groups in total. The zero-order valence-electron chi connectivity index (χ0n) is 9.93. The SMILES string of the molecule is O=C1CCN(C(=O)c2ccoc2Br)c2ccccc21. The molecule has 1 aromatic heterocycles. The number of benzene rings is 1. The summed E-state index contributed by atoms with van der Waals surface area (Å²) < 4.78 is 5.50. The first-order chi connectivity index (χ1) is 9.18. The predicted molar refractivity (Wildman–Crippen MR) is 73.5 cm³/mol. The van der Waals surface area contributed by atoms with E-state index in [1.165, 1.54) is 6.26 Å². The number of ketones is 1. The fourth-order valence-corrected chi connectivity index (χ4v) is 2.63. The Morgan fingerprint density at radius 3 is 2.79 bits per heavy atom. The molecule has 0 spiro atoms. The Morgan fingerprint density at radius 1 is 1.26 bits per heavy atom. The minimum atomic E-state index is -0.166. The first-order valence-corrected chi connectivity index (χ1v) is 6.65. The largest absolute Gasteiger partial charge is 0.457 e. The van der Waals surface area contributed by atoms with Crippen LogP contribution in [-0.4, -0.2) is 18.2 Å². The Hall–Kier alpha value is -1.88. The molecule has 0 unspecified atom stereocenters. The second-order valence-electron chi connectivity index (χ2n) is 4.26. The van der Waals surface area contributed by atoms with Crippen molar-refractivity contribution in [1.29, 1.82) is 0 Å². The molecule has 1 aromatic carbocycles. The van der Waals surface area contributed by atoms with Crippen molar-refractivity contribution >= 4 is 33.3 Å². The number of anilines is 1. The number of para-hydroxylation sites is 1. The number of Topliss-reactive ketones (excluding diaryl/α,β-unsaturated/α-hetero) is 1. The molecule has 2 aromatic rings. The molecule has 5 heteroatoms. The molecule has 2 heterocycles. The molecule has 0 radical (unpaired) electrons. The van der Waals surface area contributed by atoms with Gasteiger partial charge in [-0.1, -0.05) is 12.1 Å². The van der Waals surface area contributed by atoms with Gasteiger partial charge in [0.05, 0.1) is 17.5 Å². The molecule has 1 amide bonds. The van der Waals surface area contributed by atoms with Crippen LogP contribution < -0.4 is 4.90 Å². The summed E-state index contributed by atoms with van der Waals surface area (Å²) in [6.07, 6.45) is 1.80. The maximum absolute atomic E-state index is 12.5. The highest BCUT2D eigenvalue weighted by molar-refractivity contribution is 9.10. The summed E-state index contributed by atoms with van der Waals surface area (Å²) >= 11 is 3.20. The molecule has 4 nitrogen and oxygen atoms in total. The summed E-state index contributed by atoms with van der Waals surface area (Å²) in [7, 11) is 0. The molecule has 96 valence electrons. The third-order valence-electron chi connectivity index (χ3n) is 3.15. The van der Waals surface area contributed by atoms with Crippen molar-refractivity contribution in [1.82, 2.24) is 0 Å². The Balaban J connectivity index is 2.04. The van der Waals surface area contributed by atoms with Gasteiger partial charge in [0.2, 0.25) is 0 Å². The number of halogens is 1. The van der Waals surface area contributed by atoms with Gasteiger partial charge in [0.1, 0.15) is 0 Å². The van der Waals surface area contributed by atoms with Gasteiger partial charge in [-0.25, -0.2) is 0 Å². The van der Waals surface area contributed by atoms with E-state index in [-0.39, 0.29) is 11.7 Å². The molecular weight excluding hydrogens is 310 g/mol. The minimum Gasteiger partial charge on any atom is -0.457 e. The fourth-order valence-electron chi connectivity index (χ4n) is 2.22. The number of furan rings is 1. The molecule has 19 heavy (non-hydrogen) atoms. The molecular formula is C14H10BrNO3. The second-order valence-corrected chi connectivity index (χ2v) is 4.98. The zero-order chi connectivity index (χ0) is 13.4. The van der Waals surface area contributed by atoms with Crippen LogP contribution in [0.3, 0.4) is 0 Å². The molecule has 0 atom stereocenters. The minimum absolute atomic E-state index is 0.0749. The van der Waals surface area contributed by atoms with Crippen molar-refractivity contribution in [3.63, 3.8) is 0 Å². The maximum Gasteiger partial charge on any atom is 0.262 e. The number of nitrogens with zero attached hydrogens (tertiary/aromatic N) is 1. The highest BCUT2D eigenvalue weighted by Crippen LogP contribution is 2.29. The molecule has 3 rings (SSSR count). The lowest BCUT2D eigenvalue weighted by molar-refractivity contribution is 0.0954. The number of carbonyl (C=O) groups excluding carboxylic acids is 2. The van der Waals surface area contributed by atoms with Gasteiger partial charge in [0.15, 0.2) is 10.5 Å². The van der Waals surface area contributed by atoms with E-state index >= 15 is 0 Å². The van der Waals surface area contributed by atoms with Crippen LogP contribution >= 0.6 is 15.9 Å². The van der Waals surface area contributed by atoms with Gasteiger partial charge in [-0.3, -0.25) is 9.59 Å². The first-order valence-electron chi connectivity index (χ1n) is 5.85. The Morgan fingerprint density at radius 2 is 2.05 bits per heavy atom. The zero-order valence-corrected chi connectivity index (χ0v) is 11.5. The number of hydrogen-bond acceptors (Lipinski definition) is 3. The van der Waals surface area contributed by atoms with Crippen molar-refractivity contribution in [2.24, 2.45) is 0 Å². The Kier molecular flexibility index (Phi) is 2.98. The Labute approximate surface area is 118 Å². The number of amides is 1. The van der Waals surface area contributed by atoms with Crippen LogP contribution in [0.25, 0.3) is 0 Å². The molecule has 1 aliphatic heterocycles. The van der Waals surface area contributed by atoms with E-state index in [2.05, 4.69) is 15.9 Å². The van der Waals surface area contributed by atoms with Crippen molar-refractivity contribution in [2.75, 3.05) is 11.4 Å². The average Bonchev–Trinajstić information content (AvgIpc) is 2.85. The molecule has 0 saturated heterocycles. The molecule has 0 bridgehead atoms. The van der Waals surface area contributed by atoms with Crippen molar-refractivity contribution in [3.05, 3.63) is 52.4 Å². The summed E-state index contributed by atoms with van der Waals surface area (Å²) in [5, 5.41) is 0. The van der Waals surface area contributed by atoms with Gasteiger partial charge in [0.25, 0.3) is 5.91 Å². The first kappa shape index (κ1) is 12.2. The monoisotopic (exact) mass is 319 g/mol. The van der Waals surface area contributed by atoms with Gasteiger partial charge >= 0.3 is 0 Å². The van der Waals surface area contributed by atoms with E-state index in [4.69, 9.17) is 4.42 Å². The third-order valence-corrected chi connectivity index (χ3v) is 3.77. The van der Waals surface area contributed by atoms with E-state index in [1.807, 2.05) is 6.07 Å². The standard InChI is InChI=1S/C14H10BrNO3/c15-13-10(6-8-19-13)14(18)16-7-5-12(17)9-3-1-2-4-11(9)16/h1-4,6,8H,5,7H2. The molecule has 1 aliphatic rings. The van der Waals surface area contributed by atoms with E-state index in [9.17, 15) is 9.59 Å². The number of carbonyl (C=O) groups is 2. The van der Waals surface area contributed by atoms with Crippen LogP contribution in [0.5, 0.6) is 0 Å². The smallest absolute Gasteiger partial charge is 0.262 e. The average molecular weight is 320 g/mol. The summed E-state index contributed by atoms with van der Waals surface area (Å²) in [5.41, 5.74) is 1.72. The van der Waals surface area contributed by atoms with Crippen molar-refractivity contribution in [3.8, 4) is 0 Å². The second kappa shape index (κ2) is 4.66. The van der Waals surface area contributed by atoms with Crippen molar-refractivity contribution in [2.45, 2.75) is 6.42 Å². The number of fused-ring (bicyclic) bond motifs is 1. The predicted octanol–water partition coefficient (Wildman–Crippen LogP) is 3.28. The van der Waals surface area contributed by atoms with Crippen LogP contribution in [-0.2, 0) is 0 Å². The molecule has 0 fully saturated rings. The summed E-state index contributed by atoms with van der Waals surface area (Å²) in [6.45, 7) is 0.395. The topological polar surface area (TPSA) is 50.5 Å². The highest BCUT2D eigenvalue weighted by Gasteiger charge is 2.29. The van der Waals surface area contributed by atoms with Gasteiger partial charge in [0, 0.05) is 18.5 Å². The Bertz CT molecular complexity index is 662. The summed E-state index contributed by atoms with van der Waals surface area (Å²) in [6, 6.07) is 8.78. The maximum atomic E-state index is 12.5. The van der Waals surface area contributed by atoms with Crippen LogP contribution in [0, 0.1) is 0 Å². The highest BCUT2D eigenvalue weighted by atomic mass is 79.9. The van der Waals surface area contributed by atoms with Gasteiger partial charge in [-0.15, -0.1) is 0 Å². The quantitative estimate of drug-likeness (QED) is 0.810. The van der Waals surface area contributed by atoms with E-state index in [1.54, 1.807) is 29.2 Å². The summed E-state index contributed by atoms with van der Waals surface area (Å²) in [4.78, 5) is 25.9. The van der Waals surface area contributed by atoms with Crippen LogP contribution in [0.4, 0.5) is 5.69 Å². The lowest BCUT2D eigenvalue weighted by atomic mass is 10.00. The van der Waals surface area contributed by atoms with E-state index in [0.717, 1.165) is 0 Å². The van der Waals surface area contributed by atoms with Crippen molar-refractivity contribution < 1.29 is 14.0 Å². The van der Waals surface area contributed by atoms with Gasteiger partial charge in [-0.05, 0) is 34.1 Å². The fraction of sp³-hybridized carbons (Fsp3) is 0.143. The van der Waals surface area contributed by atoms with E-state index in [0.29, 0.717) is 34.4 Å². The molecule has 0 saturated carbocycles. The van der Waals surface area contributed by atoms with Crippen LogP contribution in [0.15, 0.2) is 45.7 Å². The number of hydrogen-bond donors (Lipinski definition) is 0. The van der Waals surface area contributed by atoms with Gasteiger partial charge in [-0.2, -0.15) is 0 Å². The van der Waals surface area contributed by atoms with Crippen LogP contribution in [0.2, 0.25) is 0 Å². The van der Waals surface area contributed by atoms with E-state index < -0.39 is 0 Å². The lowest BCUT2D eigenvalue weighted by Gasteiger charge is -2.28.